The van der Waals surface area contributed by atoms with Gasteiger partial charge in [0, 0.05) is 58.4 Å². The molecular formula is C27H40N4O2. The third kappa shape index (κ3) is 5.27. The van der Waals surface area contributed by atoms with Gasteiger partial charge in [0.2, 0.25) is 11.8 Å². The monoisotopic (exact) mass is 452 g/mol. The highest BCUT2D eigenvalue weighted by atomic mass is 16.2. The van der Waals surface area contributed by atoms with Gasteiger partial charge in [-0.3, -0.25) is 19.4 Å². The molecule has 2 amide bonds. The average molecular weight is 453 g/mol. The van der Waals surface area contributed by atoms with Gasteiger partial charge in [-0.05, 0) is 37.2 Å². The van der Waals surface area contributed by atoms with Crippen molar-refractivity contribution in [2.75, 3.05) is 58.9 Å². The molecule has 1 atom stereocenters. The molecule has 0 N–H and O–H groups in total. The molecule has 0 spiro atoms. The van der Waals surface area contributed by atoms with Crippen LogP contribution in [0.2, 0.25) is 0 Å². The maximum atomic E-state index is 13.6. The standard InChI is InChI=1S/C27H40N4O2/c32-25(30-19-17-29(18-20-30)24-11-6-12-24)21-28-13-15-31(16-14-28)27(33)26(23-9-4-5-10-23)22-7-2-1-3-8-22/h1-3,7-8,23-24,26H,4-6,9-21H2. The fourth-order valence-corrected chi connectivity index (χ4v) is 6.27. The summed E-state index contributed by atoms with van der Waals surface area (Å²) in [4.78, 5) is 35.4. The molecule has 0 bridgehead atoms. The summed E-state index contributed by atoms with van der Waals surface area (Å²) in [5, 5.41) is 0. The van der Waals surface area contributed by atoms with Crippen molar-refractivity contribution in [3.05, 3.63) is 35.9 Å². The molecule has 6 heteroatoms. The number of nitrogens with zero attached hydrogens (tertiary/aromatic N) is 4. The molecule has 1 aromatic rings. The second-order valence-corrected chi connectivity index (χ2v) is 10.5. The van der Waals surface area contributed by atoms with Gasteiger partial charge in [-0.1, -0.05) is 49.6 Å². The highest BCUT2D eigenvalue weighted by Crippen LogP contribution is 2.38. The lowest BCUT2D eigenvalue weighted by atomic mass is 9.83. The van der Waals surface area contributed by atoms with Gasteiger partial charge in [-0.15, -0.1) is 0 Å². The summed E-state index contributed by atoms with van der Waals surface area (Å²) in [5.74, 6) is 1.02. The maximum absolute atomic E-state index is 13.6. The van der Waals surface area contributed by atoms with E-state index >= 15 is 0 Å². The number of amides is 2. The van der Waals surface area contributed by atoms with E-state index in [-0.39, 0.29) is 11.8 Å². The highest BCUT2D eigenvalue weighted by Gasteiger charge is 2.36. The van der Waals surface area contributed by atoms with Gasteiger partial charge in [0.15, 0.2) is 0 Å². The van der Waals surface area contributed by atoms with Gasteiger partial charge in [-0.2, -0.15) is 0 Å². The van der Waals surface area contributed by atoms with Gasteiger partial charge in [0.25, 0.3) is 0 Å². The minimum absolute atomic E-state index is 0.00570. The van der Waals surface area contributed by atoms with Crippen LogP contribution >= 0.6 is 0 Å². The lowest BCUT2D eigenvalue weighted by Crippen LogP contribution is -2.56. The normalized spacial score (nSPS) is 24.6. The Morgan fingerprint density at radius 1 is 0.758 bits per heavy atom. The fraction of sp³-hybridized carbons (Fsp3) is 0.704. The summed E-state index contributed by atoms with van der Waals surface area (Å²) in [7, 11) is 0. The minimum atomic E-state index is -0.00570. The van der Waals surface area contributed by atoms with Crippen molar-refractivity contribution in [3.63, 3.8) is 0 Å². The minimum Gasteiger partial charge on any atom is -0.340 e. The van der Waals surface area contributed by atoms with Crippen LogP contribution in [0.4, 0.5) is 0 Å². The molecule has 0 aromatic heterocycles. The largest absolute Gasteiger partial charge is 0.340 e. The smallest absolute Gasteiger partial charge is 0.236 e. The topological polar surface area (TPSA) is 47.1 Å². The summed E-state index contributed by atoms with van der Waals surface area (Å²) in [6.45, 7) is 7.35. The summed E-state index contributed by atoms with van der Waals surface area (Å²) < 4.78 is 0. The third-order valence-corrected chi connectivity index (χ3v) is 8.60. The number of rotatable bonds is 6. The highest BCUT2D eigenvalue weighted by molar-refractivity contribution is 5.84. The lowest BCUT2D eigenvalue weighted by molar-refractivity contribution is -0.138. The average Bonchev–Trinajstić information content (AvgIpc) is 3.34. The molecule has 180 valence electrons. The van der Waals surface area contributed by atoms with E-state index in [2.05, 4.69) is 43.9 Å². The van der Waals surface area contributed by atoms with E-state index in [1.165, 1.54) is 37.7 Å². The molecular weight excluding hydrogens is 412 g/mol. The van der Waals surface area contributed by atoms with Crippen molar-refractivity contribution in [3.8, 4) is 0 Å². The molecule has 5 rings (SSSR count). The van der Waals surface area contributed by atoms with Gasteiger partial charge < -0.3 is 9.80 Å². The summed E-state index contributed by atoms with van der Waals surface area (Å²) >= 11 is 0. The fourth-order valence-electron chi connectivity index (χ4n) is 6.27. The van der Waals surface area contributed by atoms with Gasteiger partial charge >= 0.3 is 0 Å². The van der Waals surface area contributed by atoms with Crippen LogP contribution in [0.1, 0.15) is 56.4 Å². The van der Waals surface area contributed by atoms with Crippen LogP contribution in [-0.2, 0) is 9.59 Å². The summed E-state index contributed by atoms with van der Waals surface area (Å²) in [6.07, 6.45) is 8.84. The van der Waals surface area contributed by atoms with E-state index in [4.69, 9.17) is 0 Å². The predicted molar refractivity (Wildman–Crippen MR) is 130 cm³/mol. The van der Waals surface area contributed by atoms with Crippen molar-refractivity contribution in [1.29, 1.82) is 0 Å². The van der Waals surface area contributed by atoms with Crippen LogP contribution in [0.25, 0.3) is 0 Å². The molecule has 2 saturated carbocycles. The first-order valence-corrected chi connectivity index (χ1v) is 13.3. The number of hydrogen-bond acceptors (Lipinski definition) is 4. The maximum Gasteiger partial charge on any atom is 0.236 e. The lowest BCUT2D eigenvalue weighted by Gasteiger charge is -2.43. The third-order valence-electron chi connectivity index (χ3n) is 8.60. The first-order valence-electron chi connectivity index (χ1n) is 13.3. The van der Waals surface area contributed by atoms with Crippen LogP contribution in [0.15, 0.2) is 30.3 Å². The zero-order chi connectivity index (χ0) is 22.6. The Morgan fingerprint density at radius 2 is 1.39 bits per heavy atom. The van der Waals surface area contributed by atoms with Crippen molar-refractivity contribution in [1.82, 2.24) is 19.6 Å². The molecule has 0 radical (unpaired) electrons. The van der Waals surface area contributed by atoms with Crippen molar-refractivity contribution in [2.45, 2.75) is 56.9 Å². The number of hydrogen-bond donors (Lipinski definition) is 0. The van der Waals surface area contributed by atoms with Gasteiger partial charge in [-0.25, -0.2) is 0 Å². The Labute approximate surface area is 198 Å². The zero-order valence-corrected chi connectivity index (χ0v) is 20.0. The molecule has 1 aromatic carbocycles. The van der Waals surface area contributed by atoms with E-state index in [9.17, 15) is 9.59 Å². The molecule has 2 saturated heterocycles. The number of benzene rings is 1. The van der Waals surface area contributed by atoms with E-state index < -0.39 is 0 Å². The van der Waals surface area contributed by atoms with Crippen molar-refractivity contribution < 1.29 is 9.59 Å². The zero-order valence-electron chi connectivity index (χ0n) is 20.0. The second-order valence-electron chi connectivity index (χ2n) is 10.5. The molecule has 2 aliphatic heterocycles. The van der Waals surface area contributed by atoms with Crippen LogP contribution in [-0.4, -0.2) is 96.4 Å². The number of carbonyl (C=O) groups excluding carboxylic acids is 2. The Morgan fingerprint density at radius 3 is 2.00 bits per heavy atom. The van der Waals surface area contributed by atoms with E-state index in [1.807, 2.05) is 6.07 Å². The Bertz CT molecular complexity index is 790. The summed E-state index contributed by atoms with van der Waals surface area (Å²) in [5.41, 5.74) is 1.17. The summed E-state index contributed by atoms with van der Waals surface area (Å²) in [6, 6.07) is 11.2. The second kappa shape index (κ2) is 10.6. The SMILES string of the molecule is O=C(CN1CCN(C(=O)C(c2ccccc2)C2CCCC2)CC1)N1CCN(C2CCC2)CC1. The quantitative estimate of drug-likeness (QED) is 0.666. The Hall–Kier alpha value is -1.92. The molecule has 1 unspecified atom stereocenters. The number of piperazine rings is 2. The predicted octanol–water partition coefficient (Wildman–Crippen LogP) is 2.80. The van der Waals surface area contributed by atoms with Gasteiger partial charge in [0.05, 0.1) is 12.5 Å². The Kier molecular flexibility index (Phi) is 7.31. The van der Waals surface area contributed by atoms with Gasteiger partial charge in [0.1, 0.15) is 0 Å². The van der Waals surface area contributed by atoms with Crippen LogP contribution in [0, 0.1) is 5.92 Å². The molecule has 33 heavy (non-hydrogen) atoms. The van der Waals surface area contributed by atoms with E-state index in [0.29, 0.717) is 18.4 Å². The molecule has 6 nitrogen and oxygen atoms in total. The molecule has 4 aliphatic rings. The first kappa shape index (κ1) is 22.9. The molecule has 2 aliphatic carbocycles. The van der Waals surface area contributed by atoms with Crippen LogP contribution < -0.4 is 0 Å². The molecule has 2 heterocycles. The Balaban J connectivity index is 1.11. The van der Waals surface area contributed by atoms with E-state index in [1.54, 1.807) is 0 Å². The van der Waals surface area contributed by atoms with Crippen molar-refractivity contribution >= 4 is 11.8 Å². The van der Waals surface area contributed by atoms with Crippen LogP contribution in [0.5, 0.6) is 0 Å². The first-order chi connectivity index (χ1) is 16.2. The van der Waals surface area contributed by atoms with Crippen molar-refractivity contribution in [2.24, 2.45) is 5.92 Å². The van der Waals surface area contributed by atoms with Crippen LogP contribution in [0.3, 0.4) is 0 Å². The van der Waals surface area contributed by atoms with E-state index in [0.717, 1.165) is 71.2 Å². The molecule has 4 fully saturated rings. The number of carbonyl (C=O) groups is 2.